The van der Waals surface area contributed by atoms with Gasteiger partial charge in [0, 0.05) is 38.6 Å². The molecule has 0 aromatic carbocycles. The Morgan fingerprint density at radius 1 is 1.20 bits per heavy atom. The maximum Gasteiger partial charge on any atom is 0.0223 e. The van der Waals surface area contributed by atoms with Crippen molar-refractivity contribution in [1.82, 2.24) is 9.80 Å². The summed E-state index contributed by atoms with van der Waals surface area (Å²) in [6, 6.07) is 0.849. The van der Waals surface area contributed by atoms with Gasteiger partial charge in [0.2, 0.25) is 0 Å². The highest BCUT2D eigenvalue weighted by Gasteiger charge is 2.28. The molecule has 2 rings (SSSR count). The number of hydrogen-bond acceptors (Lipinski definition) is 2. The van der Waals surface area contributed by atoms with Crippen molar-refractivity contribution in [2.45, 2.75) is 38.6 Å². The molecule has 0 radical (unpaired) electrons. The van der Waals surface area contributed by atoms with Crippen molar-refractivity contribution >= 4 is 0 Å². The molecule has 0 aromatic rings. The fourth-order valence-corrected chi connectivity index (χ4v) is 2.76. The first-order valence-corrected chi connectivity index (χ1v) is 6.26. The topological polar surface area (TPSA) is 6.48 Å². The first-order valence-electron chi connectivity index (χ1n) is 6.26. The van der Waals surface area contributed by atoms with Gasteiger partial charge in [-0.1, -0.05) is 6.42 Å². The lowest BCUT2D eigenvalue weighted by Gasteiger charge is -2.44. The lowest BCUT2D eigenvalue weighted by Crippen LogP contribution is -2.54. The van der Waals surface area contributed by atoms with Gasteiger partial charge in [-0.05, 0) is 26.3 Å². The molecule has 15 heavy (non-hydrogen) atoms. The molecule has 0 amide bonds. The molecule has 84 valence electrons. The second kappa shape index (κ2) is 5.53. The van der Waals surface area contributed by atoms with Crippen LogP contribution in [0.15, 0.2) is 0 Å². The minimum absolute atomic E-state index is 0.849. The van der Waals surface area contributed by atoms with Gasteiger partial charge in [-0.15, -0.1) is 11.8 Å². The Kier molecular flexibility index (Phi) is 4.05. The average molecular weight is 206 g/mol. The van der Waals surface area contributed by atoms with Crippen LogP contribution in [0.2, 0.25) is 0 Å². The summed E-state index contributed by atoms with van der Waals surface area (Å²) >= 11 is 0. The third-order valence-corrected chi connectivity index (χ3v) is 3.65. The fourth-order valence-electron chi connectivity index (χ4n) is 2.76. The lowest BCUT2D eigenvalue weighted by molar-refractivity contribution is 0.0506. The molecule has 2 aliphatic rings. The Bertz CT molecular complexity index is 251. The van der Waals surface area contributed by atoms with Crippen LogP contribution in [0, 0.1) is 11.8 Å². The molecular weight excluding hydrogens is 184 g/mol. The summed E-state index contributed by atoms with van der Waals surface area (Å²) in [5.74, 6) is 6.14. The molecule has 1 unspecified atom stereocenters. The van der Waals surface area contributed by atoms with Gasteiger partial charge in [0.15, 0.2) is 0 Å². The number of hydrogen-bond donors (Lipinski definition) is 0. The van der Waals surface area contributed by atoms with E-state index in [1.165, 1.54) is 52.0 Å². The van der Waals surface area contributed by atoms with Gasteiger partial charge in [0.25, 0.3) is 0 Å². The van der Waals surface area contributed by atoms with Crippen LogP contribution in [0.25, 0.3) is 0 Å². The summed E-state index contributed by atoms with van der Waals surface area (Å²) < 4.78 is 0. The molecule has 2 fully saturated rings. The van der Waals surface area contributed by atoms with Crippen molar-refractivity contribution in [1.29, 1.82) is 0 Å². The van der Waals surface area contributed by atoms with Gasteiger partial charge in [-0.2, -0.15) is 0 Å². The van der Waals surface area contributed by atoms with E-state index < -0.39 is 0 Å². The second-order valence-corrected chi connectivity index (χ2v) is 4.66. The summed E-state index contributed by atoms with van der Waals surface area (Å²) in [6.45, 7) is 8.26. The monoisotopic (exact) mass is 206 g/mol. The molecule has 0 spiro atoms. The van der Waals surface area contributed by atoms with Crippen molar-refractivity contribution in [2.24, 2.45) is 0 Å². The minimum Gasteiger partial charge on any atom is -0.300 e. The van der Waals surface area contributed by atoms with Gasteiger partial charge in [-0.25, -0.2) is 0 Å². The van der Waals surface area contributed by atoms with Crippen LogP contribution in [0.4, 0.5) is 0 Å². The van der Waals surface area contributed by atoms with Gasteiger partial charge >= 0.3 is 0 Å². The summed E-state index contributed by atoms with van der Waals surface area (Å²) in [7, 11) is 0. The minimum atomic E-state index is 0.849. The zero-order valence-electron chi connectivity index (χ0n) is 9.84. The number of nitrogens with zero attached hydrogens (tertiary/aromatic N) is 2. The van der Waals surface area contributed by atoms with Gasteiger partial charge in [0.05, 0.1) is 0 Å². The van der Waals surface area contributed by atoms with E-state index in [-0.39, 0.29) is 0 Å². The third kappa shape index (κ3) is 2.96. The van der Waals surface area contributed by atoms with E-state index in [1.807, 2.05) is 6.92 Å². The standard InChI is InChI=1S/C13H22N2/c1-2-3-5-8-14-10-11-15-9-6-4-7-13(15)12-14/h13H,4-12H2,1H3. The van der Waals surface area contributed by atoms with Crippen LogP contribution >= 0.6 is 0 Å². The summed E-state index contributed by atoms with van der Waals surface area (Å²) in [5.41, 5.74) is 0. The number of piperazine rings is 1. The van der Waals surface area contributed by atoms with Crippen LogP contribution < -0.4 is 0 Å². The Morgan fingerprint density at radius 3 is 3.00 bits per heavy atom. The molecule has 0 aromatic heterocycles. The Balaban J connectivity index is 1.77. The maximum atomic E-state index is 3.16. The van der Waals surface area contributed by atoms with E-state index in [2.05, 4.69) is 21.6 Å². The maximum absolute atomic E-state index is 3.16. The third-order valence-electron chi connectivity index (χ3n) is 3.65. The first kappa shape index (κ1) is 11.0. The predicted octanol–water partition coefficient (Wildman–Crippen LogP) is 1.57. The summed E-state index contributed by atoms with van der Waals surface area (Å²) in [6.07, 6.45) is 5.31. The highest BCUT2D eigenvalue weighted by Crippen LogP contribution is 2.20. The van der Waals surface area contributed by atoms with Crippen molar-refractivity contribution in [3.63, 3.8) is 0 Å². The largest absolute Gasteiger partial charge is 0.300 e. The van der Waals surface area contributed by atoms with Crippen LogP contribution in [-0.4, -0.2) is 48.6 Å². The molecule has 0 aliphatic carbocycles. The molecule has 2 saturated heterocycles. The van der Waals surface area contributed by atoms with Crippen molar-refractivity contribution < 1.29 is 0 Å². The molecule has 2 nitrogen and oxygen atoms in total. The van der Waals surface area contributed by atoms with Crippen LogP contribution in [0.1, 0.15) is 32.6 Å². The van der Waals surface area contributed by atoms with Crippen LogP contribution in [-0.2, 0) is 0 Å². The second-order valence-electron chi connectivity index (χ2n) is 4.66. The van der Waals surface area contributed by atoms with Gasteiger partial charge in [0.1, 0.15) is 0 Å². The molecule has 2 aliphatic heterocycles. The fraction of sp³-hybridized carbons (Fsp3) is 0.846. The summed E-state index contributed by atoms with van der Waals surface area (Å²) in [5, 5.41) is 0. The molecule has 0 N–H and O–H groups in total. The average Bonchev–Trinajstić information content (AvgIpc) is 2.29. The SMILES string of the molecule is CC#CCCN1CCN2CCCCC2C1. The molecule has 0 bridgehead atoms. The van der Waals surface area contributed by atoms with Gasteiger partial charge < -0.3 is 0 Å². The van der Waals surface area contributed by atoms with E-state index in [1.54, 1.807) is 0 Å². The Labute approximate surface area is 93.6 Å². The number of rotatable bonds is 2. The molecule has 2 heteroatoms. The lowest BCUT2D eigenvalue weighted by atomic mass is 9.99. The summed E-state index contributed by atoms with van der Waals surface area (Å²) in [4.78, 5) is 5.28. The van der Waals surface area contributed by atoms with E-state index in [9.17, 15) is 0 Å². The predicted molar refractivity (Wildman–Crippen MR) is 63.7 cm³/mol. The highest BCUT2D eigenvalue weighted by molar-refractivity contribution is 4.96. The zero-order chi connectivity index (χ0) is 10.5. The van der Waals surface area contributed by atoms with E-state index in [0.29, 0.717) is 0 Å². The Morgan fingerprint density at radius 2 is 2.13 bits per heavy atom. The normalized spacial score (nSPS) is 27.9. The van der Waals surface area contributed by atoms with Crippen molar-refractivity contribution in [3.8, 4) is 11.8 Å². The first-order chi connectivity index (χ1) is 7.40. The highest BCUT2D eigenvalue weighted by atomic mass is 15.3. The number of fused-ring (bicyclic) bond motifs is 1. The quantitative estimate of drug-likeness (QED) is 0.633. The molecular formula is C13H22N2. The molecule has 2 heterocycles. The molecule has 0 saturated carbocycles. The van der Waals surface area contributed by atoms with Crippen LogP contribution in [0.3, 0.4) is 0 Å². The molecule has 1 atom stereocenters. The van der Waals surface area contributed by atoms with Crippen molar-refractivity contribution in [3.05, 3.63) is 0 Å². The number of piperidine rings is 1. The van der Waals surface area contributed by atoms with E-state index in [0.717, 1.165) is 12.5 Å². The van der Waals surface area contributed by atoms with E-state index >= 15 is 0 Å². The smallest absolute Gasteiger partial charge is 0.0223 e. The van der Waals surface area contributed by atoms with E-state index in [4.69, 9.17) is 0 Å². The zero-order valence-corrected chi connectivity index (χ0v) is 9.84. The van der Waals surface area contributed by atoms with Crippen molar-refractivity contribution in [2.75, 3.05) is 32.7 Å². The van der Waals surface area contributed by atoms with Crippen LogP contribution in [0.5, 0.6) is 0 Å². The van der Waals surface area contributed by atoms with Gasteiger partial charge in [-0.3, -0.25) is 9.80 Å². The Hall–Kier alpha value is -0.520.